The van der Waals surface area contributed by atoms with Gasteiger partial charge in [0.05, 0.1) is 30.1 Å². The van der Waals surface area contributed by atoms with Crippen molar-refractivity contribution in [2.75, 3.05) is 6.61 Å². The smallest absolute Gasteiger partial charge is 0.205 e. The molecule has 1 fully saturated rings. The number of hydrogen-bond donors (Lipinski definition) is 1. The minimum Gasteiger partial charge on any atom is -0.444 e. The van der Waals surface area contributed by atoms with Crippen molar-refractivity contribution in [2.45, 2.75) is 49.9 Å². The monoisotopic (exact) mass is 385 g/mol. The van der Waals surface area contributed by atoms with Crippen molar-refractivity contribution in [3.63, 3.8) is 0 Å². The van der Waals surface area contributed by atoms with Crippen LogP contribution in [0.15, 0.2) is 35.0 Å². The summed E-state index contributed by atoms with van der Waals surface area (Å²) in [6, 6.07) is 3.54. The van der Waals surface area contributed by atoms with Gasteiger partial charge in [0.1, 0.15) is 17.3 Å². The van der Waals surface area contributed by atoms with Gasteiger partial charge in [0.2, 0.25) is 5.89 Å². The molecule has 0 aliphatic heterocycles. The third kappa shape index (κ3) is 2.25. The van der Waals surface area contributed by atoms with E-state index in [1.54, 1.807) is 17.1 Å². The summed E-state index contributed by atoms with van der Waals surface area (Å²) in [6.07, 6.45) is 6.11. The SMILES string of the molecule is CC(C)(CO)c1cnc(C23CCC(C2)c2c3cnn2-c2ccc(F)cc2F)o1. The van der Waals surface area contributed by atoms with Crippen LogP contribution in [0.3, 0.4) is 0 Å². The van der Waals surface area contributed by atoms with E-state index in [9.17, 15) is 13.9 Å². The quantitative estimate of drug-likeness (QED) is 0.738. The summed E-state index contributed by atoms with van der Waals surface area (Å²) in [5, 5.41) is 14.0. The zero-order valence-electron chi connectivity index (χ0n) is 15.7. The molecular formula is C21H21F2N3O2. The lowest BCUT2D eigenvalue weighted by molar-refractivity contribution is 0.192. The van der Waals surface area contributed by atoms with Crippen molar-refractivity contribution in [2.24, 2.45) is 0 Å². The molecule has 5 nitrogen and oxygen atoms in total. The number of aliphatic hydroxyl groups is 1. The van der Waals surface area contributed by atoms with Crippen molar-refractivity contribution < 1.29 is 18.3 Å². The largest absolute Gasteiger partial charge is 0.444 e. The Bertz CT molecular complexity index is 1070. The van der Waals surface area contributed by atoms with Gasteiger partial charge in [-0.05, 0) is 31.4 Å². The van der Waals surface area contributed by atoms with Crippen LogP contribution in [0.1, 0.15) is 61.9 Å². The molecule has 1 saturated carbocycles. The van der Waals surface area contributed by atoms with E-state index in [1.807, 2.05) is 13.8 Å². The second-order valence-electron chi connectivity index (χ2n) is 8.54. The molecule has 2 aliphatic rings. The lowest BCUT2D eigenvalue weighted by Crippen LogP contribution is -2.23. The van der Waals surface area contributed by atoms with Crippen LogP contribution < -0.4 is 0 Å². The fourth-order valence-corrected chi connectivity index (χ4v) is 4.68. The summed E-state index contributed by atoms with van der Waals surface area (Å²) in [7, 11) is 0. The Morgan fingerprint density at radius 1 is 1.32 bits per heavy atom. The number of benzene rings is 1. The van der Waals surface area contributed by atoms with Crippen molar-refractivity contribution in [3.8, 4) is 5.69 Å². The topological polar surface area (TPSA) is 64.1 Å². The van der Waals surface area contributed by atoms with Gasteiger partial charge >= 0.3 is 0 Å². The van der Waals surface area contributed by atoms with E-state index in [-0.39, 0.29) is 23.6 Å². The summed E-state index contributed by atoms with van der Waals surface area (Å²) in [6.45, 7) is 3.77. The molecule has 3 aromatic rings. The Balaban J connectivity index is 1.61. The first-order valence-corrected chi connectivity index (χ1v) is 9.47. The van der Waals surface area contributed by atoms with Crippen molar-refractivity contribution >= 4 is 0 Å². The number of nitrogens with zero attached hydrogens (tertiary/aromatic N) is 3. The predicted molar refractivity (Wildman–Crippen MR) is 97.5 cm³/mol. The van der Waals surface area contributed by atoms with E-state index < -0.39 is 17.0 Å². The Kier molecular flexibility index (Phi) is 3.59. The molecule has 7 heteroatoms. The lowest BCUT2D eigenvalue weighted by Gasteiger charge is -2.24. The number of aliphatic hydroxyl groups excluding tert-OH is 1. The zero-order valence-corrected chi connectivity index (χ0v) is 15.7. The Morgan fingerprint density at radius 3 is 2.89 bits per heavy atom. The number of oxazole rings is 1. The van der Waals surface area contributed by atoms with Gasteiger partial charge in [-0.25, -0.2) is 18.4 Å². The number of hydrogen-bond acceptors (Lipinski definition) is 4. The van der Waals surface area contributed by atoms with Crippen LogP contribution in [0.2, 0.25) is 0 Å². The standard InChI is InChI=1S/C21H21F2N3O2/c1-20(2,11-27)17-10-24-19(28-17)21-6-5-12(8-21)18-14(21)9-25-26(18)16-4-3-13(22)7-15(16)23/h3-4,7,9-10,12,27H,5-6,8,11H2,1-2H3. The van der Waals surface area contributed by atoms with Crippen LogP contribution in [-0.2, 0) is 10.8 Å². The molecule has 0 spiro atoms. The van der Waals surface area contributed by atoms with Gasteiger partial charge in [0.25, 0.3) is 0 Å². The fourth-order valence-electron chi connectivity index (χ4n) is 4.68. The van der Waals surface area contributed by atoms with Crippen LogP contribution >= 0.6 is 0 Å². The normalized spacial score (nSPS) is 23.4. The number of halogens is 2. The molecule has 0 radical (unpaired) electrons. The summed E-state index contributed by atoms with van der Waals surface area (Å²) >= 11 is 0. The molecule has 1 aromatic carbocycles. The molecule has 2 unspecified atom stereocenters. The molecule has 0 amide bonds. The number of fused-ring (bicyclic) bond motifs is 5. The van der Waals surface area contributed by atoms with Crippen molar-refractivity contribution in [1.29, 1.82) is 0 Å². The van der Waals surface area contributed by atoms with Gasteiger partial charge in [0, 0.05) is 23.0 Å². The Morgan fingerprint density at radius 2 is 2.14 bits per heavy atom. The fraction of sp³-hybridized carbons (Fsp3) is 0.429. The minimum atomic E-state index is -0.633. The molecule has 5 rings (SSSR count). The van der Waals surface area contributed by atoms with Crippen LogP contribution in [0, 0.1) is 11.6 Å². The van der Waals surface area contributed by atoms with Crippen LogP contribution in [0.25, 0.3) is 5.69 Å². The summed E-state index contributed by atoms with van der Waals surface area (Å²) in [4.78, 5) is 4.55. The second kappa shape index (κ2) is 5.73. The molecule has 2 aromatic heterocycles. The van der Waals surface area contributed by atoms with Gasteiger partial charge in [-0.1, -0.05) is 13.8 Å². The third-order valence-corrected chi connectivity index (χ3v) is 6.34. The molecule has 146 valence electrons. The van der Waals surface area contributed by atoms with Crippen LogP contribution in [0.4, 0.5) is 8.78 Å². The van der Waals surface area contributed by atoms with Gasteiger partial charge in [0.15, 0.2) is 5.82 Å². The summed E-state index contributed by atoms with van der Waals surface area (Å²) in [5.41, 5.74) is 1.32. The Labute approximate surface area is 161 Å². The second-order valence-corrected chi connectivity index (χ2v) is 8.54. The van der Waals surface area contributed by atoms with E-state index >= 15 is 0 Å². The van der Waals surface area contributed by atoms with Crippen molar-refractivity contribution in [1.82, 2.24) is 14.8 Å². The molecule has 2 heterocycles. The van der Waals surface area contributed by atoms with Gasteiger partial charge in [-0.15, -0.1) is 0 Å². The maximum absolute atomic E-state index is 14.4. The van der Waals surface area contributed by atoms with E-state index in [0.717, 1.165) is 36.6 Å². The first-order valence-electron chi connectivity index (χ1n) is 9.47. The van der Waals surface area contributed by atoms with Gasteiger partial charge in [-0.3, -0.25) is 0 Å². The third-order valence-electron chi connectivity index (χ3n) is 6.34. The van der Waals surface area contributed by atoms with Crippen LogP contribution in [0.5, 0.6) is 0 Å². The van der Waals surface area contributed by atoms with E-state index in [0.29, 0.717) is 11.7 Å². The van der Waals surface area contributed by atoms with E-state index in [1.165, 1.54) is 12.1 Å². The average molecular weight is 385 g/mol. The highest BCUT2D eigenvalue weighted by Gasteiger charge is 2.55. The summed E-state index contributed by atoms with van der Waals surface area (Å²) < 4.78 is 35.4. The lowest BCUT2D eigenvalue weighted by atomic mass is 9.81. The highest BCUT2D eigenvalue weighted by atomic mass is 19.1. The predicted octanol–water partition coefficient (Wildman–Crippen LogP) is 3.98. The molecule has 2 aliphatic carbocycles. The van der Waals surface area contributed by atoms with Gasteiger partial charge < -0.3 is 9.52 Å². The summed E-state index contributed by atoms with van der Waals surface area (Å²) in [5.74, 6) is 0.258. The number of aromatic nitrogens is 3. The molecule has 28 heavy (non-hydrogen) atoms. The van der Waals surface area contributed by atoms with Crippen LogP contribution in [-0.4, -0.2) is 26.5 Å². The van der Waals surface area contributed by atoms with Gasteiger partial charge in [-0.2, -0.15) is 5.10 Å². The first kappa shape index (κ1) is 17.6. The molecule has 2 atom stereocenters. The van der Waals surface area contributed by atoms with E-state index in [2.05, 4.69) is 10.1 Å². The molecule has 2 bridgehead atoms. The number of rotatable bonds is 4. The maximum Gasteiger partial charge on any atom is 0.205 e. The molecular weight excluding hydrogens is 364 g/mol. The minimum absolute atomic E-state index is 0.0374. The highest BCUT2D eigenvalue weighted by Crippen LogP contribution is 2.60. The first-order chi connectivity index (χ1) is 13.4. The molecule has 1 N–H and O–H groups in total. The average Bonchev–Trinajstić information content (AvgIpc) is 3.42. The zero-order chi connectivity index (χ0) is 19.7. The maximum atomic E-state index is 14.4. The highest BCUT2D eigenvalue weighted by molar-refractivity contribution is 5.49. The van der Waals surface area contributed by atoms with Crippen molar-refractivity contribution in [3.05, 3.63) is 65.1 Å². The molecule has 0 saturated heterocycles. The van der Waals surface area contributed by atoms with E-state index in [4.69, 9.17) is 4.42 Å². The Hall–Kier alpha value is -2.54.